The summed E-state index contributed by atoms with van der Waals surface area (Å²) in [5, 5.41) is 48.9. The maximum absolute atomic E-state index is 10.1. The fourth-order valence-electron chi connectivity index (χ4n) is 3.68. The second-order valence-electron chi connectivity index (χ2n) is 7.24. The molecule has 0 aromatic carbocycles. The van der Waals surface area contributed by atoms with Crippen LogP contribution in [0.2, 0.25) is 0 Å². The molecule has 0 radical (unpaired) electrons. The number of aliphatic hydroxyl groups is 5. The summed E-state index contributed by atoms with van der Waals surface area (Å²) in [4.78, 5) is 0. The Balaban J connectivity index is 1.23. The van der Waals surface area contributed by atoms with E-state index >= 15 is 0 Å². The van der Waals surface area contributed by atoms with E-state index in [4.69, 9.17) is 38.3 Å². The molecule has 5 N–H and O–H groups in total. The highest BCUT2D eigenvalue weighted by molar-refractivity contribution is 5.00. The molecule has 4 heterocycles. The monoisotopic (exact) mass is 410 g/mol. The molecule has 0 bridgehead atoms. The first-order valence-corrected chi connectivity index (χ1v) is 9.15. The van der Waals surface area contributed by atoms with Crippen LogP contribution in [0.3, 0.4) is 0 Å². The van der Waals surface area contributed by atoms with Gasteiger partial charge < -0.3 is 58.7 Å². The normalized spacial score (nSPS) is 52.9. The summed E-state index contributed by atoms with van der Waals surface area (Å²) in [6, 6.07) is 0. The molecule has 0 spiro atoms. The van der Waals surface area contributed by atoms with Gasteiger partial charge in [-0.2, -0.15) is 0 Å². The van der Waals surface area contributed by atoms with Crippen LogP contribution in [0.25, 0.3) is 0 Å². The number of hydrogen-bond donors (Lipinski definition) is 5. The van der Waals surface area contributed by atoms with Gasteiger partial charge in [-0.05, 0) is 0 Å². The molecule has 4 fully saturated rings. The van der Waals surface area contributed by atoms with Gasteiger partial charge in [-0.25, -0.2) is 0 Å². The number of aliphatic hydroxyl groups excluding tert-OH is 5. The number of ether oxygens (including phenoxy) is 7. The zero-order chi connectivity index (χ0) is 20.0. The molecule has 0 saturated carbocycles. The maximum atomic E-state index is 10.1. The molecule has 4 saturated heterocycles. The largest absolute Gasteiger partial charge is 0.394 e. The van der Waals surface area contributed by atoms with Crippen LogP contribution in [0.1, 0.15) is 0 Å². The van der Waals surface area contributed by atoms with Crippen molar-refractivity contribution in [2.45, 2.75) is 73.8 Å². The van der Waals surface area contributed by atoms with Gasteiger partial charge in [-0.1, -0.05) is 0 Å². The van der Waals surface area contributed by atoms with Crippen molar-refractivity contribution in [2.75, 3.05) is 26.9 Å². The Kier molecular flexibility index (Phi) is 6.19. The molecule has 0 amide bonds. The lowest BCUT2D eigenvalue weighted by atomic mass is 10.1. The molecular formula is C16H26O12. The summed E-state index contributed by atoms with van der Waals surface area (Å²) >= 11 is 0. The highest BCUT2D eigenvalue weighted by Crippen LogP contribution is 2.40. The third-order valence-electron chi connectivity index (χ3n) is 5.40. The van der Waals surface area contributed by atoms with E-state index in [9.17, 15) is 20.4 Å². The average Bonchev–Trinajstić information content (AvgIpc) is 3.26. The van der Waals surface area contributed by atoms with Crippen LogP contribution < -0.4 is 0 Å². The molecular weight excluding hydrogens is 384 g/mol. The first-order chi connectivity index (χ1) is 13.4. The van der Waals surface area contributed by atoms with Crippen LogP contribution in [0.4, 0.5) is 0 Å². The lowest BCUT2D eigenvalue weighted by Gasteiger charge is -2.21. The Morgan fingerprint density at radius 1 is 0.643 bits per heavy atom. The second-order valence-corrected chi connectivity index (χ2v) is 7.24. The van der Waals surface area contributed by atoms with Gasteiger partial charge in [0.05, 0.1) is 19.8 Å². The molecule has 162 valence electrons. The zero-order valence-electron chi connectivity index (χ0n) is 15.1. The van der Waals surface area contributed by atoms with Crippen molar-refractivity contribution in [3.05, 3.63) is 0 Å². The van der Waals surface area contributed by atoms with Crippen molar-refractivity contribution in [2.24, 2.45) is 0 Å². The predicted molar refractivity (Wildman–Crippen MR) is 84.7 cm³/mol. The summed E-state index contributed by atoms with van der Waals surface area (Å²) in [7, 11) is 1.52. The Morgan fingerprint density at radius 2 is 1.18 bits per heavy atom. The van der Waals surface area contributed by atoms with Gasteiger partial charge >= 0.3 is 0 Å². The molecule has 12 atom stereocenters. The highest BCUT2D eigenvalue weighted by Gasteiger charge is 2.59. The van der Waals surface area contributed by atoms with Crippen molar-refractivity contribution in [3.8, 4) is 0 Å². The first kappa shape index (κ1) is 20.8. The Morgan fingerprint density at radius 3 is 1.71 bits per heavy atom. The molecule has 0 aromatic heterocycles. The number of hydrogen-bond acceptors (Lipinski definition) is 12. The van der Waals surface area contributed by atoms with Crippen molar-refractivity contribution in [1.29, 1.82) is 0 Å². The van der Waals surface area contributed by atoms with Crippen LogP contribution >= 0.6 is 0 Å². The molecule has 28 heavy (non-hydrogen) atoms. The van der Waals surface area contributed by atoms with E-state index in [0.717, 1.165) is 0 Å². The van der Waals surface area contributed by atoms with Crippen LogP contribution in [-0.4, -0.2) is 126 Å². The Hall–Kier alpha value is -0.480. The van der Waals surface area contributed by atoms with Gasteiger partial charge in [0.25, 0.3) is 0 Å². The van der Waals surface area contributed by atoms with E-state index in [1.807, 2.05) is 0 Å². The molecule has 4 aliphatic rings. The fraction of sp³-hybridized carbons (Fsp3) is 1.00. The van der Waals surface area contributed by atoms with E-state index < -0.39 is 62.1 Å². The van der Waals surface area contributed by atoms with Crippen molar-refractivity contribution in [1.82, 2.24) is 0 Å². The minimum Gasteiger partial charge on any atom is -0.394 e. The SMILES string of the molecule is CO[C@H]1O[C@H](CO[C@H]2O[C@H](CO[C@H]3O[C@H](CO)[C@@H](O)[C@@H]3O)[C@@H](O)[C@@H]2O)[C@@H]2O[C@H]12. The number of fused-ring (bicyclic) bond motifs is 1. The molecule has 12 heteroatoms. The van der Waals surface area contributed by atoms with E-state index in [2.05, 4.69) is 0 Å². The number of rotatable bonds is 8. The summed E-state index contributed by atoms with van der Waals surface area (Å²) in [5.41, 5.74) is 0. The van der Waals surface area contributed by atoms with E-state index in [0.29, 0.717) is 0 Å². The lowest BCUT2D eigenvalue weighted by Crippen LogP contribution is -2.38. The standard InChI is InChI=1S/C16H26O12/c1-22-16-13-12(28-13)7(27-16)4-24-15-11(21)9(19)6(26-15)3-23-14-10(20)8(18)5(2-17)25-14/h5-21H,2-4H2,1H3/t5-,6-,7-,8-,9-,10+,11+,12+,13+,14+,15+,16+/m1/s1. The lowest BCUT2D eigenvalue weighted by molar-refractivity contribution is -0.222. The quantitative estimate of drug-likeness (QED) is 0.247. The van der Waals surface area contributed by atoms with Gasteiger partial charge in [-0.3, -0.25) is 0 Å². The molecule has 12 nitrogen and oxygen atoms in total. The molecule has 0 unspecified atom stereocenters. The first-order valence-electron chi connectivity index (χ1n) is 9.15. The Bertz CT molecular complexity index is 536. The second kappa shape index (κ2) is 8.34. The smallest absolute Gasteiger partial charge is 0.186 e. The fourth-order valence-corrected chi connectivity index (χ4v) is 3.68. The predicted octanol–water partition coefficient (Wildman–Crippen LogP) is -3.96. The molecule has 0 aromatic rings. The van der Waals surface area contributed by atoms with Crippen molar-refractivity contribution >= 4 is 0 Å². The molecule has 0 aliphatic carbocycles. The van der Waals surface area contributed by atoms with Gasteiger partial charge in [0, 0.05) is 7.11 Å². The van der Waals surface area contributed by atoms with Gasteiger partial charge in [-0.15, -0.1) is 0 Å². The van der Waals surface area contributed by atoms with Crippen molar-refractivity contribution in [3.63, 3.8) is 0 Å². The van der Waals surface area contributed by atoms with E-state index in [-0.39, 0.29) is 31.5 Å². The summed E-state index contributed by atoms with van der Waals surface area (Å²) in [6.07, 6.45) is -10.5. The Labute approximate surface area is 160 Å². The molecule has 4 aliphatic heterocycles. The number of methoxy groups -OCH3 is 1. The summed E-state index contributed by atoms with van der Waals surface area (Å²) < 4.78 is 37.7. The third-order valence-corrected chi connectivity index (χ3v) is 5.40. The van der Waals surface area contributed by atoms with Crippen LogP contribution in [0, 0.1) is 0 Å². The number of epoxide rings is 1. The van der Waals surface area contributed by atoms with E-state index in [1.54, 1.807) is 0 Å². The van der Waals surface area contributed by atoms with Gasteiger partial charge in [0.15, 0.2) is 18.9 Å². The topological polar surface area (TPSA) is 169 Å². The van der Waals surface area contributed by atoms with Crippen LogP contribution in [0.15, 0.2) is 0 Å². The third kappa shape index (κ3) is 3.80. The summed E-state index contributed by atoms with van der Waals surface area (Å²) in [6.45, 7) is -0.629. The van der Waals surface area contributed by atoms with Crippen molar-refractivity contribution < 1.29 is 58.7 Å². The van der Waals surface area contributed by atoms with Gasteiger partial charge in [0.2, 0.25) is 0 Å². The van der Waals surface area contributed by atoms with Crippen LogP contribution in [0.5, 0.6) is 0 Å². The average molecular weight is 410 g/mol. The minimum atomic E-state index is -1.35. The van der Waals surface area contributed by atoms with E-state index in [1.165, 1.54) is 7.11 Å². The zero-order valence-corrected chi connectivity index (χ0v) is 15.1. The van der Waals surface area contributed by atoms with Gasteiger partial charge in [0.1, 0.15) is 54.9 Å². The minimum absolute atomic E-state index is 0.0812. The van der Waals surface area contributed by atoms with Crippen LogP contribution in [-0.2, 0) is 33.2 Å². The highest BCUT2D eigenvalue weighted by atomic mass is 16.8. The molecule has 4 rings (SSSR count). The maximum Gasteiger partial charge on any atom is 0.186 e. The summed E-state index contributed by atoms with van der Waals surface area (Å²) in [5.74, 6) is 0.